The largest absolute Gasteiger partial charge is 0.376 e. The standard InChI is InChI=1S/C22H22ClF2N3O4S3/c23-18-5-6-19(34-18)35(30,31)27-7-1-3-13(11-27)21(29)28(12-15-4-2-8-32-15)22-26-20-16(25)9-14(24)10-17(20)33-22/h5-6,9-10,13,15H,1-4,7-8,11-12H2. The van der Waals surface area contributed by atoms with Crippen LogP contribution in [0.3, 0.4) is 0 Å². The van der Waals surface area contributed by atoms with Crippen LogP contribution < -0.4 is 4.90 Å². The van der Waals surface area contributed by atoms with E-state index >= 15 is 0 Å². The van der Waals surface area contributed by atoms with E-state index < -0.39 is 27.6 Å². The molecule has 0 spiro atoms. The zero-order valence-corrected chi connectivity index (χ0v) is 21.7. The van der Waals surface area contributed by atoms with Crippen molar-refractivity contribution in [1.29, 1.82) is 0 Å². The molecular weight excluding hydrogens is 540 g/mol. The topological polar surface area (TPSA) is 79.8 Å². The second-order valence-corrected chi connectivity index (χ2v) is 13.5. The lowest BCUT2D eigenvalue weighted by molar-refractivity contribution is -0.123. The predicted molar refractivity (Wildman–Crippen MR) is 132 cm³/mol. The van der Waals surface area contributed by atoms with Crippen LogP contribution in [-0.4, -0.2) is 56.0 Å². The van der Waals surface area contributed by atoms with E-state index in [0.29, 0.717) is 35.0 Å². The zero-order chi connectivity index (χ0) is 24.7. The number of sulfonamides is 1. The fraction of sp³-hybridized carbons (Fsp3) is 0.455. The number of benzene rings is 1. The molecule has 0 radical (unpaired) electrons. The van der Waals surface area contributed by atoms with Crippen LogP contribution in [0, 0.1) is 17.6 Å². The van der Waals surface area contributed by atoms with Crippen LogP contribution in [0.5, 0.6) is 0 Å². The van der Waals surface area contributed by atoms with Crippen LogP contribution in [0.4, 0.5) is 13.9 Å². The molecule has 2 unspecified atom stereocenters. The molecule has 2 saturated heterocycles. The maximum absolute atomic E-state index is 14.3. The number of hydrogen-bond acceptors (Lipinski definition) is 7. The molecule has 4 heterocycles. The number of amides is 1. The smallest absolute Gasteiger partial charge is 0.252 e. The van der Waals surface area contributed by atoms with Gasteiger partial charge < -0.3 is 4.74 Å². The Morgan fingerprint density at radius 1 is 1.23 bits per heavy atom. The lowest BCUT2D eigenvalue weighted by atomic mass is 9.98. The molecule has 35 heavy (non-hydrogen) atoms. The number of carbonyl (C=O) groups excluding carboxylic acids is 1. The molecule has 7 nitrogen and oxygen atoms in total. The number of halogens is 3. The Balaban J connectivity index is 1.43. The van der Waals surface area contributed by atoms with E-state index in [-0.39, 0.29) is 40.0 Å². The van der Waals surface area contributed by atoms with Gasteiger partial charge >= 0.3 is 0 Å². The first-order chi connectivity index (χ1) is 16.7. The van der Waals surface area contributed by atoms with Crippen molar-refractivity contribution in [3.63, 3.8) is 0 Å². The van der Waals surface area contributed by atoms with Crippen LogP contribution in [0.1, 0.15) is 25.7 Å². The molecule has 1 aromatic carbocycles. The summed E-state index contributed by atoms with van der Waals surface area (Å²) >= 11 is 7.94. The van der Waals surface area contributed by atoms with Gasteiger partial charge in [-0.1, -0.05) is 22.9 Å². The Morgan fingerprint density at radius 2 is 2.06 bits per heavy atom. The summed E-state index contributed by atoms with van der Waals surface area (Å²) in [6.07, 6.45) is 2.45. The highest BCUT2D eigenvalue weighted by Gasteiger charge is 2.38. The fourth-order valence-corrected chi connectivity index (χ4v) is 8.64. The quantitative estimate of drug-likeness (QED) is 0.427. The van der Waals surface area contributed by atoms with Crippen molar-refractivity contribution in [3.8, 4) is 0 Å². The summed E-state index contributed by atoms with van der Waals surface area (Å²) in [6.45, 7) is 1.13. The molecule has 2 aliphatic heterocycles. The van der Waals surface area contributed by atoms with Gasteiger partial charge in [-0.3, -0.25) is 9.69 Å². The number of piperidine rings is 1. The normalized spacial score (nSPS) is 21.6. The third-order valence-electron chi connectivity index (χ3n) is 6.19. The van der Waals surface area contributed by atoms with Gasteiger partial charge in [0.25, 0.3) is 10.0 Å². The molecule has 13 heteroatoms. The summed E-state index contributed by atoms with van der Waals surface area (Å²) in [4.78, 5) is 19.5. The Bertz CT molecular complexity index is 1360. The van der Waals surface area contributed by atoms with Gasteiger partial charge in [-0.15, -0.1) is 11.3 Å². The van der Waals surface area contributed by atoms with Gasteiger partial charge in [-0.2, -0.15) is 4.31 Å². The lowest BCUT2D eigenvalue weighted by Crippen LogP contribution is -2.48. The van der Waals surface area contributed by atoms with Gasteiger partial charge in [0, 0.05) is 25.8 Å². The molecule has 5 rings (SSSR count). The third-order valence-corrected chi connectivity index (χ3v) is 10.8. The first-order valence-corrected chi connectivity index (χ1v) is 14.6. The average Bonchev–Trinajstić information content (AvgIpc) is 3.58. The van der Waals surface area contributed by atoms with Gasteiger partial charge in [0.15, 0.2) is 10.9 Å². The predicted octanol–water partition coefficient (Wildman–Crippen LogP) is 4.90. The minimum atomic E-state index is -3.78. The minimum Gasteiger partial charge on any atom is -0.376 e. The molecule has 0 aliphatic carbocycles. The number of carbonyl (C=O) groups is 1. The van der Waals surface area contributed by atoms with Gasteiger partial charge in [0.1, 0.15) is 15.5 Å². The summed E-state index contributed by atoms with van der Waals surface area (Å²) in [5, 5.41) is 0.245. The molecule has 2 atom stereocenters. The van der Waals surface area contributed by atoms with E-state index in [1.54, 1.807) is 0 Å². The second kappa shape index (κ2) is 9.98. The van der Waals surface area contributed by atoms with Crippen LogP contribution in [-0.2, 0) is 19.6 Å². The maximum atomic E-state index is 14.3. The Morgan fingerprint density at radius 3 is 2.77 bits per heavy atom. The van der Waals surface area contributed by atoms with Crippen molar-refractivity contribution >= 4 is 65.6 Å². The molecule has 0 bridgehead atoms. The van der Waals surface area contributed by atoms with E-state index in [4.69, 9.17) is 16.3 Å². The van der Waals surface area contributed by atoms with E-state index in [2.05, 4.69) is 4.98 Å². The molecule has 0 saturated carbocycles. The highest BCUT2D eigenvalue weighted by Crippen LogP contribution is 2.35. The number of fused-ring (bicyclic) bond motifs is 1. The number of thiazole rings is 1. The van der Waals surface area contributed by atoms with Crippen LogP contribution >= 0.6 is 34.3 Å². The van der Waals surface area contributed by atoms with Crippen LogP contribution in [0.15, 0.2) is 28.5 Å². The number of rotatable bonds is 6. The van der Waals surface area contributed by atoms with Crippen LogP contribution in [0.2, 0.25) is 4.34 Å². The SMILES string of the molecule is O=C(C1CCCN(S(=O)(=O)c2ccc(Cl)s2)C1)N(CC1CCCO1)c1nc2c(F)cc(F)cc2s1. The molecule has 0 N–H and O–H groups in total. The van der Waals surface area contributed by atoms with E-state index in [1.165, 1.54) is 27.4 Å². The summed E-state index contributed by atoms with van der Waals surface area (Å²) in [5.41, 5.74) is -0.000960. The first kappa shape index (κ1) is 25.0. The molecule has 2 aromatic heterocycles. The summed E-state index contributed by atoms with van der Waals surface area (Å²) in [5.74, 6) is -2.42. The molecular formula is C22H22ClF2N3O4S3. The van der Waals surface area contributed by atoms with Crippen molar-refractivity contribution < 1.29 is 26.7 Å². The van der Waals surface area contributed by atoms with E-state index in [0.717, 1.165) is 41.6 Å². The number of ether oxygens (including phenoxy) is 1. The number of thiophene rings is 1. The number of hydrogen-bond donors (Lipinski definition) is 0. The van der Waals surface area contributed by atoms with Crippen molar-refractivity contribution in [2.24, 2.45) is 5.92 Å². The maximum Gasteiger partial charge on any atom is 0.252 e. The minimum absolute atomic E-state index is 0.000960. The van der Waals surface area contributed by atoms with Gasteiger partial charge in [-0.25, -0.2) is 22.2 Å². The monoisotopic (exact) mass is 561 g/mol. The first-order valence-electron chi connectivity index (χ1n) is 11.2. The molecule has 188 valence electrons. The van der Waals surface area contributed by atoms with Crippen molar-refractivity contribution in [3.05, 3.63) is 40.2 Å². The highest BCUT2D eigenvalue weighted by atomic mass is 35.5. The zero-order valence-electron chi connectivity index (χ0n) is 18.5. The molecule has 2 aliphatic rings. The summed E-state index contributed by atoms with van der Waals surface area (Å²) in [6, 6.07) is 4.95. The number of nitrogens with zero attached hydrogens (tertiary/aromatic N) is 3. The van der Waals surface area contributed by atoms with Crippen LogP contribution in [0.25, 0.3) is 10.2 Å². The molecule has 3 aromatic rings. The Kier molecular flexibility index (Phi) is 7.12. The second-order valence-electron chi connectivity index (χ2n) is 8.58. The van der Waals surface area contributed by atoms with Crippen molar-refractivity contribution in [2.45, 2.75) is 36.0 Å². The van der Waals surface area contributed by atoms with Crippen molar-refractivity contribution in [1.82, 2.24) is 9.29 Å². The molecule has 1 amide bonds. The van der Waals surface area contributed by atoms with Gasteiger partial charge in [0.05, 0.1) is 27.6 Å². The third kappa shape index (κ3) is 5.09. The van der Waals surface area contributed by atoms with Gasteiger partial charge in [-0.05, 0) is 43.9 Å². The number of aromatic nitrogens is 1. The highest BCUT2D eigenvalue weighted by molar-refractivity contribution is 7.91. The summed E-state index contributed by atoms with van der Waals surface area (Å²) < 4.78 is 62.2. The van der Waals surface area contributed by atoms with E-state index in [1.807, 2.05) is 0 Å². The Hall–Kier alpha value is -1.70. The fourth-order valence-electron chi connectivity index (χ4n) is 4.46. The summed E-state index contributed by atoms with van der Waals surface area (Å²) in [7, 11) is -3.78. The van der Waals surface area contributed by atoms with E-state index in [9.17, 15) is 22.0 Å². The molecule has 2 fully saturated rings. The number of anilines is 1. The average molecular weight is 562 g/mol. The van der Waals surface area contributed by atoms with Gasteiger partial charge in [0.2, 0.25) is 5.91 Å². The van der Waals surface area contributed by atoms with Crippen molar-refractivity contribution in [2.75, 3.05) is 31.1 Å². The Labute approximate surface area is 214 Å². The lowest BCUT2D eigenvalue weighted by Gasteiger charge is -2.34.